The van der Waals surface area contributed by atoms with E-state index in [1.54, 1.807) is 7.05 Å². The molecule has 0 bridgehead atoms. The topological polar surface area (TPSA) is 17.8 Å². The molecule has 0 amide bonds. The van der Waals surface area contributed by atoms with Gasteiger partial charge in [0.2, 0.25) is 0 Å². The van der Waals surface area contributed by atoms with Crippen molar-refractivity contribution < 1.29 is 13.2 Å². The second kappa shape index (κ2) is 3.13. The summed E-state index contributed by atoms with van der Waals surface area (Å²) < 4.78 is 38.6. The number of hydrogen-bond donors (Lipinski definition) is 0. The van der Waals surface area contributed by atoms with Crippen LogP contribution in [0.15, 0.2) is 18.2 Å². The van der Waals surface area contributed by atoms with Crippen LogP contribution >= 0.6 is 11.6 Å². The van der Waals surface area contributed by atoms with E-state index in [0.29, 0.717) is 10.9 Å². The van der Waals surface area contributed by atoms with Crippen molar-refractivity contribution in [1.82, 2.24) is 9.78 Å². The number of aryl methyl sites for hydroxylation is 1. The maximum absolute atomic E-state index is 12.4. The largest absolute Gasteiger partial charge is 0.416 e. The van der Waals surface area contributed by atoms with E-state index in [1.807, 2.05) is 0 Å². The van der Waals surface area contributed by atoms with E-state index < -0.39 is 11.7 Å². The van der Waals surface area contributed by atoms with Crippen LogP contribution in [0.1, 0.15) is 5.56 Å². The maximum atomic E-state index is 12.4. The zero-order valence-electron chi connectivity index (χ0n) is 7.64. The number of hydrogen-bond acceptors (Lipinski definition) is 1. The van der Waals surface area contributed by atoms with Gasteiger partial charge in [-0.05, 0) is 18.2 Å². The fraction of sp³-hybridized carbons (Fsp3) is 0.222. The van der Waals surface area contributed by atoms with E-state index in [1.165, 1.54) is 10.7 Å². The molecule has 0 saturated carbocycles. The first kappa shape index (κ1) is 10.3. The van der Waals surface area contributed by atoms with Gasteiger partial charge in [0.1, 0.15) is 0 Å². The molecule has 6 heteroatoms. The zero-order valence-corrected chi connectivity index (χ0v) is 8.39. The molecule has 0 aliphatic carbocycles. The Balaban J connectivity index is 2.71. The van der Waals surface area contributed by atoms with E-state index in [4.69, 9.17) is 11.6 Å². The van der Waals surface area contributed by atoms with Crippen LogP contribution in [0.4, 0.5) is 13.2 Å². The summed E-state index contributed by atoms with van der Waals surface area (Å²) in [5, 5.41) is 4.22. The fourth-order valence-electron chi connectivity index (χ4n) is 1.40. The summed E-state index contributed by atoms with van der Waals surface area (Å²) in [4.78, 5) is 0. The lowest BCUT2D eigenvalue weighted by atomic mass is 10.1. The molecule has 80 valence electrons. The Morgan fingerprint density at radius 1 is 1.33 bits per heavy atom. The van der Waals surface area contributed by atoms with Crippen molar-refractivity contribution in [3.63, 3.8) is 0 Å². The molecule has 0 aliphatic rings. The van der Waals surface area contributed by atoms with Crippen LogP contribution in [0.3, 0.4) is 0 Å². The second-order valence-electron chi connectivity index (χ2n) is 3.14. The highest BCUT2D eigenvalue weighted by Gasteiger charge is 2.30. The Bertz CT molecular complexity index is 516. The molecule has 1 aromatic heterocycles. The average molecular weight is 235 g/mol. The minimum atomic E-state index is -4.35. The number of aromatic nitrogens is 2. The minimum absolute atomic E-state index is 0.0820. The number of halogens is 4. The Morgan fingerprint density at radius 3 is 2.60 bits per heavy atom. The van der Waals surface area contributed by atoms with Crippen molar-refractivity contribution in [3.8, 4) is 0 Å². The van der Waals surface area contributed by atoms with Gasteiger partial charge in [-0.1, -0.05) is 11.6 Å². The van der Waals surface area contributed by atoms with Crippen LogP contribution in [0.25, 0.3) is 10.9 Å². The smallest absolute Gasteiger partial charge is 0.266 e. The summed E-state index contributed by atoms with van der Waals surface area (Å²) in [5.74, 6) is 0. The molecule has 1 aromatic carbocycles. The van der Waals surface area contributed by atoms with Gasteiger partial charge in [-0.15, -0.1) is 0 Å². The Morgan fingerprint density at radius 2 is 2.00 bits per heavy atom. The van der Waals surface area contributed by atoms with E-state index in [2.05, 4.69) is 5.10 Å². The quantitative estimate of drug-likeness (QED) is 0.684. The molecule has 0 fully saturated rings. The van der Waals surface area contributed by atoms with Crippen LogP contribution in [-0.4, -0.2) is 9.78 Å². The molecule has 0 radical (unpaired) electrons. The van der Waals surface area contributed by atoms with Crippen LogP contribution in [0.2, 0.25) is 5.15 Å². The SMILES string of the molecule is Cn1nc(Cl)c2cc(C(F)(F)F)ccc21. The molecule has 15 heavy (non-hydrogen) atoms. The summed E-state index contributed by atoms with van der Waals surface area (Å²) in [5.41, 5.74) is -0.141. The van der Waals surface area contributed by atoms with Gasteiger partial charge in [0.05, 0.1) is 11.1 Å². The number of nitrogens with zero attached hydrogens (tertiary/aromatic N) is 2. The van der Waals surface area contributed by atoms with Gasteiger partial charge >= 0.3 is 6.18 Å². The lowest BCUT2D eigenvalue weighted by Crippen LogP contribution is -2.04. The van der Waals surface area contributed by atoms with Crippen LogP contribution in [-0.2, 0) is 13.2 Å². The molecule has 0 atom stereocenters. The highest BCUT2D eigenvalue weighted by atomic mass is 35.5. The number of fused-ring (bicyclic) bond motifs is 1. The molecule has 2 aromatic rings. The monoisotopic (exact) mass is 234 g/mol. The predicted octanol–water partition coefficient (Wildman–Crippen LogP) is 3.25. The summed E-state index contributed by atoms with van der Waals surface area (Å²) in [6, 6.07) is 3.38. The fourth-order valence-corrected chi connectivity index (χ4v) is 1.66. The third-order valence-electron chi connectivity index (χ3n) is 2.13. The second-order valence-corrected chi connectivity index (χ2v) is 3.50. The Labute approximate surface area is 88.3 Å². The molecule has 1 heterocycles. The van der Waals surface area contributed by atoms with Crippen molar-refractivity contribution in [2.45, 2.75) is 6.18 Å². The van der Waals surface area contributed by atoms with E-state index >= 15 is 0 Å². The number of benzene rings is 1. The lowest BCUT2D eigenvalue weighted by Gasteiger charge is -2.05. The first-order chi connectivity index (χ1) is 6.89. The van der Waals surface area contributed by atoms with Crippen molar-refractivity contribution in [1.29, 1.82) is 0 Å². The molecular formula is C9H6ClF3N2. The van der Waals surface area contributed by atoms with Gasteiger partial charge in [0.15, 0.2) is 5.15 Å². The van der Waals surface area contributed by atoms with Crippen molar-refractivity contribution >= 4 is 22.5 Å². The number of alkyl halides is 3. The van der Waals surface area contributed by atoms with E-state index in [-0.39, 0.29) is 5.15 Å². The number of rotatable bonds is 0. The summed E-state index contributed by atoms with van der Waals surface area (Å²) in [6.45, 7) is 0. The lowest BCUT2D eigenvalue weighted by molar-refractivity contribution is -0.137. The van der Waals surface area contributed by atoms with E-state index in [9.17, 15) is 13.2 Å². The van der Waals surface area contributed by atoms with Crippen molar-refractivity contribution in [2.24, 2.45) is 7.05 Å². The first-order valence-electron chi connectivity index (χ1n) is 4.09. The molecule has 0 spiro atoms. The predicted molar refractivity (Wildman–Crippen MR) is 50.7 cm³/mol. The van der Waals surface area contributed by atoms with Crippen LogP contribution < -0.4 is 0 Å². The summed E-state index contributed by atoms with van der Waals surface area (Å²) >= 11 is 5.70. The Hall–Kier alpha value is -1.23. The molecule has 0 saturated heterocycles. The van der Waals surface area contributed by atoms with Crippen LogP contribution in [0.5, 0.6) is 0 Å². The molecule has 2 rings (SSSR count). The standard InChI is InChI=1S/C9H6ClF3N2/c1-15-7-3-2-5(9(11,12)13)4-6(7)8(10)14-15/h2-4H,1H3. The molecule has 0 unspecified atom stereocenters. The first-order valence-corrected chi connectivity index (χ1v) is 4.47. The Kier molecular flexibility index (Phi) is 2.15. The maximum Gasteiger partial charge on any atom is 0.416 e. The van der Waals surface area contributed by atoms with Gasteiger partial charge < -0.3 is 0 Å². The molecule has 0 aliphatic heterocycles. The average Bonchev–Trinajstić information content (AvgIpc) is 2.41. The van der Waals surface area contributed by atoms with Crippen LogP contribution in [0, 0.1) is 0 Å². The highest BCUT2D eigenvalue weighted by molar-refractivity contribution is 6.34. The van der Waals surface area contributed by atoms with Crippen molar-refractivity contribution in [3.05, 3.63) is 28.9 Å². The normalized spacial score (nSPS) is 12.3. The third kappa shape index (κ3) is 1.67. The molecule has 2 nitrogen and oxygen atoms in total. The van der Waals surface area contributed by atoms with E-state index in [0.717, 1.165) is 12.1 Å². The van der Waals surface area contributed by atoms with Gasteiger partial charge in [-0.3, -0.25) is 4.68 Å². The van der Waals surface area contributed by atoms with Gasteiger partial charge in [-0.25, -0.2) is 0 Å². The minimum Gasteiger partial charge on any atom is -0.266 e. The highest BCUT2D eigenvalue weighted by Crippen LogP contribution is 2.33. The summed E-state index contributed by atoms with van der Waals surface area (Å²) in [7, 11) is 1.63. The van der Waals surface area contributed by atoms with Gasteiger partial charge in [0.25, 0.3) is 0 Å². The third-order valence-corrected chi connectivity index (χ3v) is 2.41. The molecular weight excluding hydrogens is 229 g/mol. The van der Waals surface area contributed by atoms with Gasteiger partial charge in [0, 0.05) is 12.4 Å². The van der Waals surface area contributed by atoms with Gasteiger partial charge in [-0.2, -0.15) is 18.3 Å². The van der Waals surface area contributed by atoms with Crippen molar-refractivity contribution in [2.75, 3.05) is 0 Å². The summed E-state index contributed by atoms with van der Waals surface area (Å²) in [6.07, 6.45) is -4.35. The zero-order chi connectivity index (χ0) is 11.2. The molecule has 0 N–H and O–H groups in total.